The molecule has 1 heterocycles. The number of benzene rings is 2. The van der Waals surface area contributed by atoms with Crippen molar-refractivity contribution in [3.63, 3.8) is 0 Å². The number of Topliss-reactive ketones (excluding diaryl/α,β-unsaturated/α-hetero) is 1. The number of halogens is 1. The van der Waals surface area contributed by atoms with E-state index in [1.54, 1.807) is 29.2 Å². The zero-order chi connectivity index (χ0) is 21.4. The first-order valence-electron chi connectivity index (χ1n) is 9.85. The number of phenolic OH excluding ortho intramolecular Hbond substituents is 1. The van der Waals surface area contributed by atoms with Gasteiger partial charge in [0.15, 0.2) is 0 Å². The van der Waals surface area contributed by atoms with Crippen LogP contribution < -0.4 is 4.74 Å². The van der Waals surface area contributed by atoms with Crippen molar-refractivity contribution >= 4 is 29.1 Å². The van der Waals surface area contributed by atoms with Crippen LogP contribution in [-0.2, 0) is 9.59 Å². The third-order valence-corrected chi connectivity index (χ3v) is 6.04. The molecule has 2 fully saturated rings. The number of carbonyl (C=O) groups excluding carboxylic acids is 2. The predicted molar refractivity (Wildman–Crippen MR) is 113 cm³/mol. The molecule has 1 unspecified atom stereocenters. The molecule has 0 aromatic heterocycles. The minimum absolute atomic E-state index is 0.0184. The largest absolute Gasteiger partial charge is 0.508 e. The second kappa shape index (κ2) is 8.03. The maximum Gasteiger partial charge on any atom is 0.295 e. The Kier molecular flexibility index (Phi) is 5.43. The van der Waals surface area contributed by atoms with E-state index in [0.717, 1.165) is 25.7 Å². The van der Waals surface area contributed by atoms with Gasteiger partial charge in [-0.1, -0.05) is 36.6 Å². The molecular formula is C23H22ClNO5. The van der Waals surface area contributed by atoms with Crippen LogP contribution in [0.1, 0.15) is 42.9 Å². The van der Waals surface area contributed by atoms with Gasteiger partial charge in [0.2, 0.25) is 0 Å². The Labute approximate surface area is 179 Å². The molecule has 0 radical (unpaired) electrons. The van der Waals surface area contributed by atoms with E-state index in [1.165, 1.54) is 25.3 Å². The predicted octanol–water partition coefficient (Wildman–Crippen LogP) is 4.42. The Morgan fingerprint density at radius 3 is 2.53 bits per heavy atom. The second-order valence-electron chi connectivity index (χ2n) is 7.58. The number of likely N-dealkylation sites (tertiary alicyclic amines) is 1. The van der Waals surface area contributed by atoms with Crippen LogP contribution in [0.5, 0.6) is 11.5 Å². The normalized spacial score (nSPS) is 21.4. The molecule has 7 heteroatoms. The van der Waals surface area contributed by atoms with Crippen LogP contribution in [0, 0.1) is 0 Å². The summed E-state index contributed by atoms with van der Waals surface area (Å²) in [5.41, 5.74) is 0.765. The fraction of sp³-hybridized carbons (Fsp3) is 0.304. The molecule has 0 bridgehead atoms. The first kappa shape index (κ1) is 20.3. The number of phenols is 1. The first-order valence-corrected chi connectivity index (χ1v) is 10.2. The maximum absolute atomic E-state index is 13.1. The molecular weight excluding hydrogens is 406 g/mol. The lowest BCUT2D eigenvalue weighted by Crippen LogP contribution is -2.37. The quantitative estimate of drug-likeness (QED) is 0.428. The van der Waals surface area contributed by atoms with Gasteiger partial charge in [-0.05, 0) is 48.7 Å². The van der Waals surface area contributed by atoms with E-state index in [2.05, 4.69) is 0 Å². The number of nitrogens with zero attached hydrogens (tertiary/aromatic N) is 1. The fourth-order valence-electron chi connectivity index (χ4n) is 4.44. The minimum atomic E-state index is -0.802. The van der Waals surface area contributed by atoms with Gasteiger partial charge in [0.25, 0.3) is 11.7 Å². The highest BCUT2D eigenvalue weighted by atomic mass is 35.5. The summed E-state index contributed by atoms with van der Waals surface area (Å²) in [7, 11) is 1.45. The third kappa shape index (κ3) is 3.41. The molecule has 2 aromatic rings. The molecule has 1 aliphatic carbocycles. The summed E-state index contributed by atoms with van der Waals surface area (Å²) in [6, 6.07) is 10.2. The molecule has 2 aromatic carbocycles. The first-order chi connectivity index (χ1) is 14.4. The van der Waals surface area contributed by atoms with Crippen LogP contribution >= 0.6 is 11.6 Å². The summed E-state index contributed by atoms with van der Waals surface area (Å²) < 4.78 is 5.33. The molecule has 1 atom stereocenters. The van der Waals surface area contributed by atoms with E-state index in [1.807, 2.05) is 0 Å². The van der Waals surface area contributed by atoms with Gasteiger partial charge in [-0.15, -0.1) is 0 Å². The van der Waals surface area contributed by atoms with Crippen molar-refractivity contribution in [2.45, 2.75) is 37.8 Å². The smallest absolute Gasteiger partial charge is 0.295 e. The van der Waals surface area contributed by atoms with Crippen molar-refractivity contribution in [2.24, 2.45) is 0 Å². The molecule has 2 aliphatic rings. The van der Waals surface area contributed by atoms with Gasteiger partial charge >= 0.3 is 0 Å². The van der Waals surface area contributed by atoms with Crippen molar-refractivity contribution in [1.29, 1.82) is 0 Å². The molecule has 1 saturated heterocycles. The van der Waals surface area contributed by atoms with E-state index in [9.17, 15) is 19.8 Å². The van der Waals surface area contributed by atoms with Crippen LogP contribution in [0.25, 0.3) is 5.76 Å². The van der Waals surface area contributed by atoms with E-state index in [4.69, 9.17) is 16.3 Å². The highest BCUT2D eigenvalue weighted by molar-refractivity contribution is 6.46. The monoisotopic (exact) mass is 427 g/mol. The minimum Gasteiger partial charge on any atom is -0.508 e. The number of ketones is 1. The average Bonchev–Trinajstić information content (AvgIpc) is 3.34. The van der Waals surface area contributed by atoms with Crippen molar-refractivity contribution in [3.05, 3.63) is 64.2 Å². The lowest BCUT2D eigenvalue weighted by atomic mass is 9.94. The lowest BCUT2D eigenvalue weighted by Gasteiger charge is -2.30. The average molecular weight is 428 g/mol. The number of rotatable bonds is 4. The number of methoxy groups -OCH3 is 1. The fourth-order valence-corrected chi connectivity index (χ4v) is 4.61. The van der Waals surface area contributed by atoms with Gasteiger partial charge < -0.3 is 19.8 Å². The number of carbonyl (C=O) groups is 2. The molecule has 2 N–H and O–H groups in total. The van der Waals surface area contributed by atoms with E-state index < -0.39 is 17.7 Å². The lowest BCUT2D eigenvalue weighted by molar-refractivity contribution is -0.141. The standard InChI is InChI=1S/C23H22ClNO5/c1-30-18-10-9-14(24)12-17(18)21(27)19-20(13-5-4-8-16(26)11-13)25(23(29)22(19)28)15-6-2-3-7-15/h4-5,8-12,15,20,26-27H,2-3,6-7H2,1H3/b21-19+. The van der Waals surface area contributed by atoms with Crippen LogP contribution in [0.4, 0.5) is 0 Å². The van der Waals surface area contributed by atoms with Crippen molar-refractivity contribution < 1.29 is 24.5 Å². The summed E-state index contributed by atoms with van der Waals surface area (Å²) in [6.07, 6.45) is 3.54. The number of aliphatic hydroxyl groups excluding tert-OH is 1. The number of amides is 1. The number of hydrogen-bond acceptors (Lipinski definition) is 5. The summed E-state index contributed by atoms with van der Waals surface area (Å²) in [5, 5.41) is 21.6. The number of ether oxygens (including phenoxy) is 1. The topological polar surface area (TPSA) is 87.1 Å². The number of aliphatic hydroxyl groups is 1. The highest BCUT2D eigenvalue weighted by Gasteiger charge is 2.49. The van der Waals surface area contributed by atoms with Crippen molar-refractivity contribution in [1.82, 2.24) is 4.90 Å². The Morgan fingerprint density at radius 2 is 1.87 bits per heavy atom. The summed E-state index contributed by atoms with van der Waals surface area (Å²) >= 11 is 6.11. The van der Waals surface area contributed by atoms with Crippen molar-refractivity contribution in [3.8, 4) is 11.5 Å². The van der Waals surface area contributed by atoms with Crippen LogP contribution in [0.3, 0.4) is 0 Å². The molecule has 0 spiro atoms. The van der Waals surface area contributed by atoms with Gasteiger partial charge in [0.1, 0.15) is 17.3 Å². The summed E-state index contributed by atoms with van der Waals surface area (Å²) in [4.78, 5) is 27.7. The zero-order valence-corrected chi connectivity index (χ0v) is 17.2. The Bertz CT molecular complexity index is 1040. The zero-order valence-electron chi connectivity index (χ0n) is 16.5. The van der Waals surface area contributed by atoms with Gasteiger partial charge in [-0.3, -0.25) is 9.59 Å². The van der Waals surface area contributed by atoms with Crippen molar-refractivity contribution in [2.75, 3.05) is 7.11 Å². The highest BCUT2D eigenvalue weighted by Crippen LogP contribution is 2.45. The summed E-state index contributed by atoms with van der Waals surface area (Å²) in [5.74, 6) is -1.39. The van der Waals surface area contributed by atoms with Gasteiger partial charge in [0, 0.05) is 11.1 Å². The molecule has 1 aliphatic heterocycles. The van der Waals surface area contributed by atoms with Crippen LogP contribution in [0.15, 0.2) is 48.0 Å². The second-order valence-corrected chi connectivity index (χ2v) is 8.02. The SMILES string of the molecule is COc1ccc(Cl)cc1/C(O)=C1\C(=O)C(=O)N(C2CCCC2)C1c1cccc(O)c1. The van der Waals surface area contributed by atoms with E-state index in [0.29, 0.717) is 16.3 Å². The molecule has 1 saturated carbocycles. The van der Waals surface area contributed by atoms with Crippen LogP contribution in [0.2, 0.25) is 5.02 Å². The van der Waals surface area contributed by atoms with Crippen LogP contribution in [-0.4, -0.2) is 40.0 Å². The molecule has 4 rings (SSSR count). The third-order valence-electron chi connectivity index (χ3n) is 5.80. The molecule has 1 amide bonds. The molecule has 6 nitrogen and oxygen atoms in total. The Morgan fingerprint density at radius 1 is 1.13 bits per heavy atom. The maximum atomic E-state index is 13.1. The van der Waals surface area contributed by atoms with Gasteiger partial charge in [-0.2, -0.15) is 0 Å². The van der Waals surface area contributed by atoms with Gasteiger partial charge in [0.05, 0.1) is 24.3 Å². The number of aromatic hydroxyl groups is 1. The summed E-state index contributed by atoms with van der Waals surface area (Å²) in [6.45, 7) is 0. The Hall–Kier alpha value is -2.99. The molecule has 30 heavy (non-hydrogen) atoms. The van der Waals surface area contributed by atoms with E-state index in [-0.39, 0.29) is 28.7 Å². The Balaban J connectivity index is 1.94. The molecule has 156 valence electrons. The number of hydrogen-bond donors (Lipinski definition) is 2. The van der Waals surface area contributed by atoms with Gasteiger partial charge in [-0.25, -0.2) is 0 Å². The van der Waals surface area contributed by atoms with E-state index >= 15 is 0 Å².